The Kier molecular flexibility index (Phi) is 10.0. The van der Waals surface area contributed by atoms with Crippen LogP contribution in [0.5, 0.6) is 5.75 Å². The number of halogens is 3. The molecule has 0 aliphatic carbocycles. The van der Waals surface area contributed by atoms with Crippen LogP contribution in [0.4, 0.5) is 8.78 Å². The monoisotopic (exact) mass is 679 g/mol. The Morgan fingerprint density at radius 1 is 1.18 bits per heavy atom. The Labute approximate surface area is 267 Å². The van der Waals surface area contributed by atoms with Crippen molar-refractivity contribution in [2.45, 2.75) is 45.4 Å². The molecule has 12 heteroatoms. The molecule has 2 heterocycles. The fourth-order valence-corrected chi connectivity index (χ4v) is 5.87. The highest BCUT2D eigenvalue weighted by atomic mass is 79.9. The summed E-state index contributed by atoms with van der Waals surface area (Å²) in [5.41, 5.74) is 1.81. The van der Waals surface area contributed by atoms with E-state index in [9.17, 15) is 14.3 Å². The van der Waals surface area contributed by atoms with E-state index >= 15 is 4.39 Å². The van der Waals surface area contributed by atoms with Gasteiger partial charge in [0.1, 0.15) is 29.5 Å². The summed E-state index contributed by atoms with van der Waals surface area (Å²) in [6, 6.07) is 17.7. The number of rotatable bonds is 9. The predicted molar refractivity (Wildman–Crippen MR) is 155 cm³/mol. The normalized spacial score (nSPS) is 12.9. The van der Waals surface area contributed by atoms with Crippen LogP contribution < -0.4 is 26.3 Å². The summed E-state index contributed by atoms with van der Waals surface area (Å²) in [5.74, 6) is -2.24. The van der Waals surface area contributed by atoms with Gasteiger partial charge in [-0.1, -0.05) is 31.2 Å². The van der Waals surface area contributed by atoms with Gasteiger partial charge in [-0.25, -0.2) is 18.3 Å². The van der Waals surface area contributed by atoms with E-state index in [0.29, 0.717) is 28.6 Å². The topological polar surface area (TPSA) is 105 Å². The van der Waals surface area contributed by atoms with Gasteiger partial charge in [0.25, 0.3) is 6.33 Å². The van der Waals surface area contributed by atoms with Gasteiger partial charge in [0.2, 0.25) is 6.33 Å². The number of aliphatic hydroxyl groups is 1. The summed E-state index contributed by atoms with van der Waals surface area (Å²) in [6.07, 6.45) is 3.28. The minimum absolute atomic E-state index is 0. The van der Waals surface area contributed by atoms with Crippen molar-refractivity contribution in [1.82, 2.24) is 14.8 Å². The van der Waals surface area contributed by atoms with E-state index in [0.717, 1.165) is 28.8 Å². The summed E-state index contributed by atoms with van der Waals surface area (Å²) < 4.78 is 37.6. The van der Waals surface area contributed by atoms with Crippen molar-refractivity contribution >= 4 is 17.3 Å². The molecule has 0 fully saturated rings. The van der Waals surface area contributed by atoms with Gasteiger partial charge in [0, 0.05) is 40.5 Å². The number of aryl methyl sites for hydroxylation is 1. The van der Waals surface area contributed by atoms with Gasteiger partial charge in [-0.15, -0.1) is 16.0 Å². The van der Waals surface area contributed by atoms with Crippen molar-refractivity contribution in [2.75, 3.05) is 0 Å². The molecule has 5 rings (SSSR count). The second-order valence-corrected chi connectivity index (χ2v) is 11.2. The number of esters is 1. The number of carbonyl (C=O) groups excluding carboxylic acids is 1. The molecule has 2 atom stereocenters. The maximum atomic E-state index is 15.2. The first kappa shape index (κ1) is 32.6. The first-order valence-corrected chi connectivity index (χ1v) is 14.3. The summed E-state index contributed by atoms with van der Waals surface area (Å²) in [4.78, 5) is 16.0. The van der Waals surface area contributed by atoms with E-state index in [4.69, 9.17) is 15.0 Å². The van der Waals surface area contributed by atoms with Crippen molar-refractivity contribution in [3.8, 4) is 23.1 Å². The molecule has 8 nitrogen and oxygen atoms in total. The van der Waals surface area contributed by atoms with Crippen LogP contribution >= 0.6 is 11.3 Å². The van der Waals surface area contributed by atoms with Gasteiger partial charge in [-0.05, 0) is 48.4 Å². The molecule has 226 valence electrons. The number of hydrogen-bond acceptors (Lipinski definition) is 7. The Balaban J connectivity index is 0.00000442. The van der Waals surface area contributed by atoms with E-state index in [-0.39, 0.29) is 29.1 Å². The van der Waals surface area contributed by atoms with Gasteiger partial charge < -0.3 is 26.8 Å². The molecule has 0 amide bonds. The van der Waals surface area contributed by atoms with Crippen LogP contribution in [-0.2, 0) is 23.5 Å². The fourth-order valence-electron chi connectivity index (χ4n) is 4.90. The largest absolute Gasteiger partial charge is 1.00 e. The third-order valence-electron chi connectivity index (χ3n) is 7.21. The van der Waals surface area contributed by atoms with Gasteiger partial charge in [0.15, 0.2) is 0 Å². The number of ether oxygens (including phenoxy) is 1. The van der Waals surface area contributed by atoms with Crippen LogP contribution in [0.3, 0.4) is 0 Å². The molecule has 0 saturated heterocycles. The van der Waals surface area contributed by atoms with Crippen molar-refractivity contribution in [3.63, 3.8) is 0 Å². The molecule has 0 radical (unpaired) electrons. The first-order valence-electron chi connectivity index (χ1n) is 13.4. The van der Waals surface area contributed by atoms with Crippen LogP contribution in [0.2, 0.25) is 0 Å². The van der Waals surface area contributed by atoms with Gasteiger partial charge in [-0.2, -0.15) is 5.26 Å². The highest BCUT2D eigenvalue weighted by Gasteiger charge is 2.43. The number of aromatic nitrogens is 4. The van der Waals surface area contributed by atoms with Crippen molar-refractivity contribution in [3.05, 3.63) is 118 Å². The SMILES string of the molecule is CC(=O)Oc1ccc(C[n+]2cnn(C[C@](O)(c3ccc(F)cc3F)[C@@H](C)c3nc(-c4ccc(C#N)cc4)cs3)c2)cc1C.[Br-]. The zero-order valence-electron chi connectivity index (χ0n) is 24.0. The molecular formula is C32H28BrF2N5O3S. The molecule has 2 aromatic heterocycles. The number of nitrogens with zero attached hydrogens (tertiary/aromatic N) is 5. The molecule has 1 N–H and O–H groups in total. The lowest BCUT2D eigenvalue weighted by Gasteiger charge is -2.32. The molecule has 0 unspecified atom stereocenters. The molecule has 0 saturated carbocycles. The summed E-state index contributed by atoms with van der Waals surface area (Å²) >= 11 is 1.32. The second kappa shape index (κ2) is 13.5. The van der Waals surface area contributed by atoms with Crippen LogP contribution in [0.15, 0.2) is 78.7 Å². The summed E-state index contributed by atoms with van der Waals surface area (Å²) in [6.45, 7) is 5.25. The standard InChI is InChI=1S/C32H28F2N5O3S.BrH/c1-20-12-24(6-11-30(20)42-22(3)40)15-38-18-36-39(19-38)17-32(41,27-10-9-26(33)13-28(27)34)21(2)31-37-29(16-43-31)25-7-4-23(14-35)5-8-25;/h4-13,16,18-19,21,41H,15,17H2,1-3H3;1H/q+1;/p-1/t21-,32+;/m0./s1. The summed E-state index contributed by atoms with van der Waals surface area (Å²) in [7, 11) is 0. The predicted octanol–water partition coefficient (Wildman–Crippen LogP) is 2.42. The molecule has 44 heavy (non-hydrogen) atoms. The Bertz CT molecular complexity index is 1840. The molecule has 0 aliphatic heterocycles. The van der Waals surface area contributed by atoms with Crippen molar-refractivity contribution in [2.24, 2.45) is 0 Å². The average molecular weight is 681 g/mol. The maximum Gasteiger partial charge on any atom is 0.308 e. The first-order chi connectivity index (χ1) is 20.5. The molecule has 0 bridgehead atoms. The Hall–Kier alpha value is -4.31. The Morgan fingerprint density at radius 2 is 1.93 bits per heavy atom. The number of thiazole rings is 1. The number of nitriles is 1. The molecule has 0 spiro atoms. The molecular weight excluding hydrogens is 652 g/mol. The quantitative estimate of drug-likeness (QED) is 0.146. The zero-order chi connectivity index (χ0) is 30.7. The third kappa shape index (κ3) is 7.07. The third-order valence-corrected chi connectivity index (χ3v) is 8.23. The smallest absolute Gasteiger partial charge is 0.308 e. The highest BCUT2D eigenvalue weighted by Crippen LogP contribution is 2.41. The van der Waals surface area contributed by atoms with Gasteiger partial charge >= 0.3 is 5.97 Å². The van der Waals surface area contributed by atoms with Crippen molar-refractivity contribution < 1.29 is 45.0 Å². The summed E-state index contributed by atoms with van der Waals surface area (Å²) in [5, 5.41) is 28.1. The lowest BCUT2D eigenvalue weighted by Crippen LogP contribution is -3.00. The van der Waals surface area contributed by atoms with E-state index in [1.807, 2.05) is 24.4 Å². The van der Waals surface area contributed by atoms with Crippen LogP contribution in [-0.4, -0.2) is 25.8 Å². The molecule has 0 aliphatic rings. The second-order valence-electron chi connectivity index (χ2n) is 10.3. The lowest BCUT2D eigenvalue weighted by molar-refractivity contribution is -0.689. The van der Waals surface area contributed by atoms with E-state index < -0.39 is 29.1 Å². The fraction of sp³-hybridized carbons (Fsp3) is 0.219. The Morgan fingerprint density at radius 3 is 2.59 bits per heavy atom. The maximum absolute atomic E-state index is 15.2. The number of carbonyl (C=O) groups is 1. The number of hydrogen-bond donors (Lipinski definition) is 1. The molecule has 5 aromatic rings. The average Bonchev–Trinajstić information content (AvgIpc) is 3.64. The highest BCUT2D eigenvalue weighted by molar-refractivity contribution is 7.10. The number of benzene rings is 3. The minimum Gasteiger partial charge on any atom is -1.00 e. The van der Waals surface area contributed by atoms with E-state index in [2.05, 4.69) is 11.2 Å². The van der Waals surface area contributed by atoms with Crippen LogP contribution in [0.1, 0.15) is 47.0 Å². The minimum atomic E-state index is -1.84. The van der Waals surface area contributed by atoms with E-state index in [1.54, 1.807) is 54.5 Å². The van der Waals surface area contributed by atoms with Crippen LogP contribution in [0, 0.1) is 29.9 Å². The lowest BCUT2D eigenvalue weighted by atomic mass is 9.82. The van der Waals surface area contributed by atoms with Gasteiger partial charge in [-0.3, -0.25) is 4.79 Å². The van der Waals surface area contributed by atoms with E-state index in [1.165, 1.54) is 29.0 Å². The van der Waals surface area contributed by atoms with Crippen molar-refractivity contribution in [1.29, 1.82) is 5.26 Å². The zero-order valence-corrected chi connectivity index (χ0v) is 26.4. The molecule has 3 aromatic carbocycles. The van der Waals surface area contributed by atoms with Gasteiger partial charge in [0.05, 0.1) is 28.9 Å². The van der Waals surface area contributed by atoms with Crippen LogP contribution in [0.25, 0.3) is 11.3 Å².